The predicted molar refractivity (Wildman–Crippen MR) is 53.5 cm³/mol. The van der Waals surface area contributed by atoms with Crippen LogP contribution in [0.3, 0.4) is 0 Å². The lowest BCUT2D eigenvalue weighted by atomic mass is 9.68. The molecule has 2 unspecified atom stereocenters. The van der Waals surface area contributed by atoms with Crippen molar-refractivity contribution < 1.29 is 0 Å². The maximum Gasteiger partial charge on any atom is 0.0251 e. The third-order valence-electron chi connectivity index (χ3n) is 3.87. The average molecular weight is 187 g/mol. The maximum atomic E-state index is 5.91. The van der Waals surface area contributed by atoms with Crippen molar-refractivity contribution in [3.05, 3.63) is 0 Å². The van der Waals surface area contributed by atoms with E-state index in [0.29, 0.717) is 0 Å². The first-order valence-electron chi connectivity index (χ1n) is 5.46. The van der Waals surface area contributed by atoms with Gasteiger partial charge >= 0.3 is 0 Å². The number of halogens is 1. The van der Waals surface area contributed by atoms with E-state index in [9.17, 15) is 0 Å². The van der Waals surface area contributed by atoms with Crippen molar-refractivity contribution in [3.63, 3.8) is 0 Å². The smallest absolute Gasteiger partial charge is 0.0251 e. The van der Waals surface area contributed by atoms with Crippen LogP contribution in [0.2, 0.25) is 0 Å². The monoisotopic (exact) mass is 186 g/mol. The molecule has 12 heavy (non-hydrogen) atoms. The zero-order valence-electron chi connectivity index (χ0n) is 7.77. The van der Waals surface area contributed by atoms with Gasteiger partial charge in [-0.1, -0.05) is 25.7 Å². The van der Waals surface area contributed by atoms with E-state index in [4.69, 9.17) is 11.6 Å². The fourth-order valence-electron chi connectivity index (χ4n) is 3.11. The summed E-state index contributed by atoms with van der Waals surface area (Å²) in [5.74, 6) is 3.89. The molecule has 0 radical (unpaired) electrons. The highest BCUT2D eigenvalue weighted by molar-refractivity contribution is 6.18. The van der Waals surface area contributed by atoms with Crippen LogP contribution in [-0.2, 0) is 0 Å². The van der Waals surface area contributed by atoms with Gasteiger partial charge in [0, 0.05) is 5.88 Å². The van der Waals surface area contributed by atoms with E-state index in [1.54, 1.807) is 0 Å². The molecular weight excluding hydrogens is 168 g/mol. The first kappa shape index (κ1) is 8.87. The van der Waals surface area contributed by atoms with Crippen LogP contribution in [0.5, 0.6) is 0 Å². The van der Waals surface area contributed by atoms with Crippen LogP contribution in [-0.4, -0.2) is 5.88 Å². The second kappa shape index (κ2) is 4.00. The van der Waals surface area contributed by atoms with E-state index in [1.807, 2.05) is 0 Å². The highest BCUT2D eigenvalue weighted by Crippen LogP contribution is 2.42. The average Bonchev–Trinajstić information content (AvgIpc) is 2.17. The largest absolute Gasteiger partial charge is 0.126 e. The normalized spacial score (nSPS) is 42.2. The molecule has 0 spiro atoms. The van der Waals surface area contributed by atoms with Crippen LogP contribution < -0.4 is 0 Å². The van der Waals surface area contributed by atoms with E-state index < -0.39 is 0 Å². The third-order valence-corrected chi connectivity index (χ3v) is 4.30. The highest BCUT2D eigenvalue weighted by Gasteiger charge is 2.31. The fourth-order valence-corrected chi connectivity index (χ4v) is 3.39. The molecule has 0 bridgehead atoms. The summed E-state index contributed by atoms with van der Waals surface area (Å²) in [5.41, 5.74) is 0. The molecule has 2 saturated carbocycles. The Morgan fingerprint density at radius 2 is 1.67 bits per heavy atom. The number of hydrogen-bond donors (Lipinski definition) is 0. The predicted octanol–water partition coefficient (Wildman–Crippen LogP) is 3.83. The topological polar surface area (TPSA) is 0 Å². The Bertz CT molecular complexity index is 144. The molecule has 2 aliphatic rings. The molecule has 0 nitrogen and oxygen atoms in total. The van der Waals surface area contributed by atoms with Crippen LogP contribution >= 0.6 is 11.6 Å². The number of hydrogen-bond acceptors (Lipinski definition) is 0. The van der Waals surface area contributed by atoms with Crippen molar-refractivity contribution in [2.45, 2.75) is 44.9 Å². The van der Waals surface area contributed by atoms with Gasteiger partial charge in [-0.05, 0) is 37.0 Å². The zero-order chi connectivity index (χ0) is 8.39. The van der Waals surface area contributed by atoms with Crippen molar-refractivity contribution in [2.24, 2.45) is 17.8 Å². The molecular formula is C11H19Cl. The van der Waals surface area contributed by atoms with Crippen molar-refractivity contribution in [2.75, 3.05) is 5.88 Å². The van der Waals surface area contributed by atoms with Gasteiger partial charge in [0.2, 0.25) is 0 Å². The van der Waals surface area contributed by atoms with E-state index in [-0.39, 0.29) is 0 Å². The minimum Gasteiger partial charge on any atom is -0.126 e. The Morgan fingerprint density at radius 3 is 2.42 bits per heavy atom. The second-order valence-electron chi connectivity index (χ2n) is 4.64. The summed E-state index contributed by atoms with van der Waals surface area (Å²) >= 11 is 5.91. The lowest BCUT2D eigenvalue weighted by molar-refractivity contribution is 0.138. The summed E-state index contributed by atoms with van der Waals surface area (Å²) in [6.07, 6.45) is 10.3. The summed E-state index contributed by atoms with van der Waals surface area (Å²) in [4.78, 5) is 0. The summed E-state index contributed by atoms with van der Waals surface area (Å²) in [6, 6.07) is 0. The molecule has 0 aromatic heterocycles. The number of fused-ring (bicyclic) bond motifs is 1. The molecule has 2 aliphatic carbocycles. The van der Waals surface area contributed by atoms with Crippen molar-refractivity contribution >= 4 is 11.6 Å². The van der Waals surface area contributed by atoms with Crippen molar-refractivity contribution in [3.8, 4) is 0 Å². The Morgan fingerprint density at radius 1 is 0.917 bits per heavy atom. The molecule has 70 valence electrons. The maximum absolute atomic E-state index is 5.91. The molecule has 2 rings (SSSR count). The summed E-state index contributed by atoms with van der Waals surface area (Å²) < 4.78 is 0. The minimum atomic E-state index is 0.853. The molecule has 3 atom stereocenters. The van der Waals surface area contributed by atoms with Crippen LogP contribution in [0, 0.1) is 17.8 Å². The van der Waals surface area contributed by atoms with E-state index in [2.05, 4.69) is 0 Å². The Labute approximate surface area is 80.7 Å². The van der Waals surface area contributed by atoms with E-state index in [0.717, 1.165) is 23.6 Å². The minimum absolute atomic E-state index is 0.853. The summed E-state index contributed by atoms with van der Waals surface area (Å²) in [6.45, 7) is 0. The first-order chi connectivity index (χ1) is 5.90. The van der Waals surface area contributed by atoms with Gasteiger partial charge in [-0.2, -0.15) is 0 Å². The lowest BCUT2D eigenvalue weighted by Crippen LogP contribution is -2.28. The Hall–Kier alpha value is 0.290. The first-order valence-corrected chi connectivity index (χ1v) is 5.99. The van der Waals surface area contributed by atoms with Crippen molar-refractivity contribution in [1.82, 2.24) is 0 Å². The summed E-state index contributed by atoms with van der Waals surface area (Å²) in [5, 5.41) is 0. The van der Waals surface area contributed by atoms with Crippen LogP contribution in [0.25, 0.3) is 0 Å². The van der Waals surface area contributed by atoms with E-state index in [1.165, 1.54) is 44.9 Å². The van der Waals surface area contributed by atoms with E-state index >= 15 is 0 Å². The molecule has 0 amide bonds. The SMILES string of the molecule is ClCC1CC[C@H]2CCCCC2C1. The van der Waals surface area contributed by atoms with Crippen molar-refractivity contribution in [1.29, 1.82) is 0 Å². The fraction of sp³-hybridized carbons (Fsp3) is 1.00. The molecule has 1 heteroatoms. The Kier molecular flexibility index (Phi) is 2.96. The molecule has 0 N–H and O–H groups in total. The second-order valence-corrected chi connectivity index (χ2v) is 4.95. The molecule has 2 fully saturated rings. The van der Waals surface area contributed by atoms with Gasteiger partial charge in [0.1, 0.15) is 0 Å². The third kappa shape index (κ3) is 1.79. The highest BCUT2D eigenvalue weighted by atomic mass is 35.5. The van der Waals surface area contributed by atoms with Gasteiger partial charge in [-0.25, -0.2) is 0 Å². The Balaban J connectivity index is 1.90. The standard InChI is InChI=1S/C11H19Cl/c12-8-9-5-6-10-3-1-2-4-11(10)7-9/h9-11H,1-8H2/t9?,10-,11?/m1/s1. The lowest BCUT2D eigenvalue weighted by Gasteiger charge is -2.38. The van der Waals surface area contributed by atoms with Gasteiger partial charge in [0.05, 0.1) is 0 Å². The zero-order valence-corrected chi connectivity index (χ0v) is 8.52. The number of alkyl halides is 1. The van der Waals surface area contributed by atoms with Gasteiger partial charge in [-0.15, -0.1) is 11.6 Å². The van der Waals surface area contributed by atoms with Gasteiger partial charge < -0.3 is 0 Å². The number of rotatable bonds is 1. The molecule has 0 saturated heterocycles. The van der Waals surface area contributed by atoms with Crippen LogP contribution in [0.1, 0.15) is 44.9 Å². The van der Waals surface area contributed by atoms with Gasteiger partial charge in [0.25, 0.3) is 0 Å². The van der Waals surface area contributed by atoms with Gasteiger partial charge in [-0.3, -0.25) is 0 Å². The van der Waals surface area contributed by atoms with Crippen LogP contribution in [0.4, 0.5) is 0 Å². The summed E-state index contributed by atoms with van der Waals surface area (Å²) in [7, 11) is 0. The molecule has 0 aromatic rings. The molecule has 0 aromatic carbocycles. The van der Waals surface area contributed by atoms with Crippen LogP contribution in [0.15, 0.2) is 0 Å². The quantitative estimate of drug-likeness (QED) is 0.546. The van der Waals surface area contributed by atoms with Gasteiger partial charge in [0.15, 0.2) is 0 Å². The molecule has 0 aliphatic heterocycles. The molecule has 0 heterocycles.